The Bertz CT molecular complexity index is 305. The van der Waals surface area contributed by atoms with Crippen LogP contribution < -0.4 is 5.32 Å². The number of rotatable bonds is 0. The first kappa shape index (κ1) is 10.9. The Kier molecular flexibility index (Phi) is 2.29. The highest BCUT2D eigenvalue weighted by molar-refractivity contribution is 5.42. The monoisotopic (exact) mass is 215 g/mol. The molecule has 7 heteroatoms. The van der Waals surface area contributed by atoms with Crippen molar-refractivity contribution in [2.24, 2.45) is 0 Å². The molecule has 0 atom stereocenters. The Morgan fingerprint density at radius 2 is 1.50 bits per heavy atom. The summed E-state index contributed by atoms with van der Waals surface area (Å²) in [5, 5.41) is 2.58. The summed E-state index contributed by atoms with van der Waals surface area (Å²) in [5.41, 5.74) is -4.34. The summed E-state index contributed by atoms with van der Waals surface area (Å²) in [7, 11) is 0. The standard InChI is InChI=1S/C7H3F6N/c1-3-2-14-5(7(11,12)13)4(3)6(8,9)10/h1H3. The maximum absolute atomic E-state index is 12.1. The third-order valence-electron chi connectivity index (χ3n) is 1.50. The molecule has 1 aliphatic heterocycles. The van der Waals surface area contributed by atoms with Gasteiger partial charge in [0.25, 0.3) is 0 Å². The van der Waals surface area contributed by atoms with E-state index in [-0.39, 0.29) is 0 Å². The van der Waals surface area contributed by atoms with Crippen molar-refractivity contribution in [1.82, 2.24) is 5.32 Å². The normalized spacial score (nSPS) is 18.4. The second kappa shape index (κ2) is 2.93. The first-order chi connectivity index (χ1) is 6.14. The molecule has 0 aliphatic carbocycles. The van der Waals surface area contributed by atoms with E-state index in [9.17, 15) is 26.3 Å². The second-order valence-corrected chi connectivity index (χ2v) is 2.57. The van der Waals surface area contributed by atoms with Crippen molar-refractivity contribution in [3.8, 4) is 0 Å². The van der Waals surface area contributed by atoms with Crippen LogP contribution in [-0.4, -0.2) is 12.4 Å². The lowest BCUT2D eigenvalue weighted by molar-refractivity contribution is -0.115. The maximum Gasteiger partial charge on any atom is 0.433 e. The fraction of sp³-hybridized carbons (Fsp3) is 0.429. The Hall–Kier alpha value is -1.14. The zero-order chi connectivity index (χ0) is 11.1. The van der Waals surface area contributed by atoms with Gasteiger partial charge in [0.15, 0.2) is 5.70 Å². The highest BCUT2D eigenvalue weighted by Crippen LogP contribution is 2.41. The highest BCUT2D eigenvalue weighted by atomic mass is 19.4. The van der Waals surface area contributed by atoms with Gasteiger partial charge >= 0.3 is 12.4 Å². The summed E-state index contributed by atoms with van der Waals surface area (Å²) in [5.74, 6) is 0. The molecule has 1 heterocycles. The van der Waals surface area contributed by atoms with E-state index in [0.29, 0.717) is 0 Å². The molecule has 1 rings (SSSR count). The minimum absolute atomic E-state index is 0.648. The van der Waals surface area contributed by atoms with Crippen molar-refractivity contribution >= 4 is 0 Å². The predicted octanol–water partition coefficient (Wildman–Crippen LogP) is 2.69. The molecule has 78 valence electrons. The fourth-order valence-electron chi connectivity index (χ4n) is 0.981. The molecule has 1 aliphatic rings. The topological polar surface area (TPSA) is 14.1 Å². The van der Waals surface area contributed by atoms with Crippen LogP contribution in [0.3, 0.4) is 0 Å². The molecule has 0 amide bonds. The quantitative estimate of drug-likeness (QED) is 0.551. The summed E-state index contributed by atoms with van der Waals surface area (Å²) in [4.78, 5) is 0. The van der Waals surface area contributed by atoms with E-state index in [1.807, 2.05) is 0 Å². The van der Waals surface area contributed by atoms with Crippen LogP contribution in [0.5, 0.6) is 0 Å². The summed E-state index contributed by atoms with van der Waals surface area (Å²) in [6.45, 7) is 0.880. The van der Waals surface area contributed by atoms with Gasteiger partial charge in [0.2, 0.25) is 0 Å². The van der Waals surface area contributed by atoms with Crippen LogP contribution in [0.4, 0.5) is 26.3 Å². The van der Waals surface area contributed by atoms with Crippen LogP contribution in [0.25, 0.3) is 0 Å². The highest BCUT2D eigenvalue weighted by Gasteiger charge is 2.49. The molecule has 0 aromatic rings. The molecule has 0 aromatic carbocycles. The van der Waals surface area contributed by atoms with Crippen LogP contribution in [0, 0.1) is 6.20 Å². The molecule has 0 spiro atoms. The SMILES string of the molecule is CC1=[C][N]C(C(F)(F)F)=C1C(F)(F)F. The van der Waals surface area contributed by atoms with Gasteiger partial charge in [-0.3, -0.25) is 0 Å². The lowest BCUT2D eigenvalue weighted by Gasteiger charge is -2.13. The van der Waals surface area contributed by atoms with Crippen LogP contribution in [0.1, 0.15) is 6.92 Å². The Balaban J connectivity index is 3.23. The molecule has 2 radical (unpaired) electrons. The van der Waals surface area contributed by atoms with E-state index < -0.39 is 29.2 Å². The fourth-order valence-corrected chi connectivity index (χ4v) is 0.981. The van der Waals surface area contributed by atoms with Crippen molar-refractivity contribution in [3.05, 3.63) is 23.0 Å². The lowest BCUT2D eigenvalue weighted by Crippen LogP contribution is -2.23. The number of nitrogens with zero attached hydrogens (tertiary/aromatic N) is 1. The van der Waals surface area contributed by atoms with Crippen molar-refractivity contribution in [2.45, 2.75) is 19.3 Å². The smallest absolute Gasteiger partial charge is 0.241 e. The van der Waals surface area contributed by atoms with Gasteiger partial charge in [-0.25, -0.2) is 5.32 Å². The summed E-state index contributed by atoms with van der Waals surface area (Å²) >= 11 is 0. The zero-order valence-corrected chi connectivity index (χ0v) is 6.72. The van der Waals surface area contributed by atoms with E-state index in [2.05, 4.69) is 5.32 Å². The van der Waals surface area contributed by atoms with Crippen molar-refractivity contribution in [1.29, 1.82) is 0 Å². The molecule has 0 saturated heterocycles. The van der Waals surface area contributed by atoms with Crippen molar-refractivity contribution in [2.75, 3.05) is 0 Å². The molecule has 0 aromatic heterocycles. The third-order valence-corrected chi connectivity index (χ3v) is 1.50. The number of hydrogen-bond donors (Lipinski definition) is 0. The molecule has 0 unspecified atom stereocenters. The van der Waals surface area contributed by atoms with Gasteiger partial charge in [0.05, 0.1) is 11.8 Å². The van der Waals surface area contributed by atoms with E-state index in [1.165, 1.54) is 0 Å². The summed E-state index contributed by atoms with van der Waals surface area (Å²) < 4.78 is 72.4. The largest absolute Gasteiger partial charge is 0.433 e. The van der Waals surface area contributed by atoms with E-state index in [0.717, 1.165) is 6.92 Å². The van der Waals surface area contributed by atoms with Gasteiger partial charge in [-0.2, -0.15) is 26.3 Å². The van der Waals surface area contributed by atoms with Gasteiger partial charge in [0, 0.05) is 0 Å². The molecule has 0 bridgehead atoms. The molecule has 14 heavy (non-hydrogen) atoms. The van der Waals surface area contributed by atoms with E-state index >= 15 is 0 Å². The predicted molar refractivity (Wildman–Crippen MR) is 33.7 cm³/mol. The lowest BCUT2D eigenvalue weighted by atomic mass is 10.1. The number of hydrogen-bond acceptors (Lipinski definition) is 0. The van der Waals surface area contributed by atoms with E-state index in [4.69, 9.17) is 0 Å². The second-order valence-electron chi connectivity index (χ2n) is 2.57. The zero-order valence-electron chi connectivity index (χ0n) is 6.72. The first-order valence-corrected chi connectivity index (χ1v) is 3.33. The summed E-state index contributed by atoms with van der Waals surface area (Å²) in [6.07, 6.45) is -8.49. The molecule has 0 fully saturated rings. The Morgan fingerprint density at radius 1 is 1.00 bits per heavy atom. The number of alkyl halides is 6. The molecule has 0 N–H and O–H groups in total. The molecular weight excluding hydrogens is 212 g/mol. The van der Waals surface area contributed by atoms with Crippen LogP contribution in [0.2, 0.25) is 0 Å². The van der Waals surface area contributed by atoms with Crippen molar-refractivity contribution in [3.63, 3.8) is 0 Å². The van der Waals surface area contributed by atoms with Gasteiger partial charge in [-0.05, 0) is 12.5 Å². The minimum atomic E-state index is -5.10. The van der Waals surface area contributed by atoms with Gasteiger partial charge in [-0.1, -0.05) is 0 Å². The summed E-state index contributed by atoms with van der Waals surface area (Å²) in [6, 6.07) is 0. The third kappa shape index (κ3) is 1.85. The molecular formula is C7H3F6N. The van der Waals surface area contributed by atoms with Gasteiger partial charge in [-0.15, -0.1) is 0 Å². The van der Waals surface area contributed by atoms with Crippen LogP contribution in [0.15, 0.2) is 16.8 Å². The minimum Gasteiger partial charge on any atom is -0.241 e. The maximum atomic E-state index is 12.1. The first-order valence-electron chi connectivity index (χ1n) is 3.33. The molecule has 0 saturated carbocycles. The van der Waals surface area contributed by atoms with E-state index in [1.54, 1.807) is 6.20 Å². The number of allylic oxidation sites excluding steroid dienone is 3. The Labute approximate surface area is 75.1 Å². The molecule has 1 nitrogen and oxygen atoms in total. The Morgan fingerprint density at radius 3 is 1.79 bits per heavy atom. The van der Waals surface area contributed by atoms with Crippen LogP contribution >= 0.6 is 0 Å². The van der Waals surface area contributed by atoms with Crippen molar-refractivity contribution < 1.29 is 26.3 Å². The average Bonchev–Trinajstić information content (AvgIpc) is 2.27. The van der Waals surface area contributed by atoms with Crippen LogP contribution in [-0.2, 0) is 0 Å². The van der Waals surface area contributed by atoms with Gasteiger partial charge in [0.1, 0.15) is 0 Å². The number of halogens is 6. The van der Waals surface area contributed by atoms with Gasteiger partial charge < -0.3 is 0 Å². The average molecular weight is 215 g/mol.